The maximum absolute atomic E-state index is 13.2. The van der Waals surface area contributed by atoms with Gasteiger partial charge in [-0.05, 0) is 6.07 Å². The molecule has 0 fully saturated rings. The van der Waals surface area contributed by atoms with Gasteiger partial charge in [-0.1, -0.05) is 0 Å². The Labute approximate surface area is 73.7 Å². The highest BCUT2D eigenvalue weighted by Gasteiger charge is 2.11. The van der Waals surface area contributed by atoms with Gasteiger partial charge in [0.15, 0.2) is 11.6 Å². The highest BCUT2D eigenvalue weighted by molar-refractivity contribution is 5.71. The summed E-state index contributed by atoms with van der Waals surface area (Å²) in [5.74, 6) is -0.123. The van der Waals surface area contributed by atoms with Crippen LogP contribution in [0.3, 0.4) is 0 Å². The zero-order valence-corrected chi connectivity index (χ0v) is 6.99. The Bertz CT molecular complexity index is 452. The number of aromatic nitrogens is 2. The first kappa shape index (κ1) is 7.85. The second-order valence-corrected chi connectivity index (χ2v) is 2.59. The van der Waals surface area contributed by atoms with Crippen LogP contribution in [0.5, 0.6) is 5.75 Å². The average Bonchev–Trinajstić information content (AvgIpc) is 2.49. The Morgan fingerprint density at radius 3 is 3.08 bits per heavy atom. The lowest BCUT2D eigenvalue weighted by molar-refractivity contribution is 0.418. The molecule has 0 radical (unpaired) electrons. The van der Waals surface area contributed by atoms with Crippen molar-refractivity contribution in [1.82, 2.24) is 9.61 Å². The molecule has 2 aromatic heterocycles. The van der Waals surface area contributed by atoms with Gasteiger partial charge in [0.2, 0.25) is 0 Å². The maximum Gasteiger partial charge on any atom is 0.172 e. The second-order valence-electron chi connectivity index (χ2n) is 2.59. The minimum Gasteiger partial charge on any atom is -0.492 e. The molecule has 4 nitrogen and oxygen atoms in total. The van der Waals surface area contributed by atoms with Crippen LogP contribution in [0.4, 0.5) is 10.1 Å². The van der Waals surface area contributed by atoms with Crippen LogP contribution in [0.25, 0.3) is 5.52 Å². The van der Waals surface area contributed by atoms with Gasteiger partial charge < -0.3 is 10.5 Å². The quantitative estimate of drug-likeness (QED) is 0.715. The van der Waals surface area contributed by atoms with Crippen molar-refractivity contribution < 1.29 is 9.13 Å². The van der Waals surface area contributed by atoms with Gasteiger partial charge in [-0.3, -0.25) is 0 Å². The molecule has 2 aromatic rings. The van der Waals surface area contributed by atoms with E-state index in [9.17, 15) is 4.39 Å². The number of ether oxygens (including phenoxy) is 1. The molecule has 0 aromatic carbocycles. The molecule has 68 valence electrons. The number of nitrogens with zero attached hydrogens (tertiary/aromatic N) is 2. The molecule has 0 aliphatic rings. The molecular weight excluding hydrogens is 173 g/mol. The number of nitrogens with two attached hydrogens (primary N) is 1. The molecule has 0 saturated carbocycles. The van der Waals surface area contributed by atoms with E-state index in [1.54, 1.807) is 12.3 Å². The largest absolute Gasteiger partial charge is 0.492 e. The number of hydrogen-bond acceptors (Lipinski definition) is 3. The smallest absolute Gasteiger partial charge is 0.172 e. The van der Waals surface area contributed by atoms with Crippen molar-refractivity contribution in [1.29, 1.82) is 0 Å². The highest BCUT2D eigenvalue weighted by atomic mass is 19.1. The summed E-state index contributed by atoms with van der Waals surface area (Å²) < 4.78 is 19.5. The minimum absolute atomic E-state index is 0.266. The lowest BCUT2D eigenvalue weighted by Crippen LogP contribution is -1.97. The summed E-state index contributed by atoms with van der Waals surface area (Å²) in [6.45, 7) is 0. The number of anilines is 1. The molecule has 2 N–H and O–H groups in total. The van der Waals surface area contributed by atoms with Crippen molar-refractivity contribution >= 4 is 11.2 Å². The van der Waals surface area contributed by atoms with Crippen LogP contribution in [-0.4, -0.2) is 16.7 Å². The zero-order chi connectivity index (χ0) is 9.42. The third-order valence-corrected chi connectivity index (χ3v) is 1.83. The Morgan fingerprint density at radius 1 is 1.62 bits per heavy atom. The summed E-state index contributed by atoms with van der Waals surface area (Å²) in [6.07, 6.45) is 2.70. The van der Waals surface area contributed by atoms with Gasteiger partial charge >= 0.3 is 0 Å². The number of pyridine rings is 1. The van der Waals surface area contributed by atoms with Gasteiger partial charge in [-0.15, -0.1) is 0 Å². The Kier molecular flexibility index (Phi) is 1.58. The summed E-state index contributed by atoms with van der Waals surface area (Å²) in [5.41, 5.74) is 6.26. The van der Waals surface area contributed by atoms with Crippen LogP contribution in [-0.2, 0) is 0 Å². The SMILES string of the molecule is COc1c(N)ccn2ncc(F)c12. The molecule has 0 amide bonds. The molecule has 0 bridgehead atoms. The fourth-order valence-electron chi connectivity index (χ4n) is 1.24. The maximum atomic E-state index is 13.2. The summed E-state index contributed by atoms with van der Waals surface area (Å²) >= 11 is 0. The van der Waals surface area contributed by atoms with Crippen LogP contribution >= 0.6 is 0 Å². The van der Waals surface area contributed by atoms with Crippen LogP contribution in [0.1, 0.15) is 0 Å². The molecule has 0 aliphatic carbocycles. The van der Waals surface area contributed by atoms with E-state index in [4.69, 9.17) is 10.5 Å². The van der Waals surface area contributed by atoms with E-state index in [1.807, 2.05) is 0 Å². The number of nitrogen functional groups attached to an aromatic ring is 1. The van der Waals surface area contributed by atoms with Crippen molar-refractivity contribution in [2.75, 3.05) is 12.8 Å². The summed E-state index contributed by atoms with van der Waals surface area (Å²) in [6, 6.07) is 1.61. The van der Waals surface area contributed by atoms with Gasteiger partial charge in [0.05, 0.1) is 19.0 Å². The first-order valence-corrected chi connectivity index (χ1v) is 3.69. The number of rotatable bonds is 1. The van der Waals surface area contributed by atoms with E-state index >= 15 is 0 Å². The first-order chi connectivity index (χ1) is 6.24. The summed E-state index contributed by atoms with van der Waals surface area (Å²) in [4.78, 5) is 0. The van der Waals surface area contributed by atoms with Crippen molar-refractivity contribution in [3.63, 3.8) is 0 Å². The predicted molar refractivity (Wildman–Crippen MR) is 46.1 cm³/mol. The van der Waals surface area contributed by atoms with Crippen LogP contribution in [0.2, 0.25) is 0 Å². The van der Waals surface area contributed by atoms with Gasteiger partial charge in [0.25, 0.3) is 0 Å². The monoisotopic (exact) mass is 181 g/mol. The molecule has 0 aliphatic heterocycles. The standard InChI is InChI=1S/C8H8FN3O/c1-13-8-6(10)2-3-12-7(8)5(9)4-11-12/h2-4H,10H2,1H3. The number of methoxy groups -OCH3 is 1. The number of halogens is 1. The third kappa shape index (κ3) is 1.00. The topological polar surface area (TPSA) is 52.5 Å². The molecular formula is C8H8FN3O. The molecule has 5 heteroatoms. The predicted octanol–water partition coefficient (Wildman–Crippen LogP) is 1.06. The summed E-state index contributed by atoms with van der Waals surface area (Å²) in [7, 11) is 1.44. The fraction of sp³-hybridized carbons (Fsp3) is 0.125. The van der Waals surface area contributed by atoms with E-state index in [0.717, 1.165) is 6.20 Å². The minimum atomic E-state index is -0.441. The molecule has 0 atom stereocenters. The van der Waals surface area contributed by atoms with E-state index < -0.39 is 5.82 Å². The lowest BCUT2D eigenvalue weighted by Gasteiger charge is -2.05. The van der Waals surface area contributed by atoms with Gasteiger partial charge in [0.1, 0.15) is 5.52 Å². The van der Waals surface area contributed by atoms with Gasteiger partial charge in [-0.25, -0.2) is 8.91 Å². The van der Waals surface area contributed by atoms with Crippen molar-refractivity contribution in [2.24, 2.45) is 0 Å². The highest BCUT2D eigenvalue weighted by Crippen LogP contribution is 2.28. The average molecular weight is 181 g/mol. The van der Waals surface area contributed by atoms with Crippen LogP contribution in [0.15, 0.2) is 18.5 Å². The second kappa shape index (κ2) is 2.62. The first-order valence-electron chi connectivity index (χ1n) is 3.69. The number of fused-ring (bicyclic) bond motifs is 1. The van der Waals surface area contributed by atoms with E-state index in [-0.39, 0.29) is 5.52 Å². The van der Waals surface area contributed by atoms with Gasteiger partial charge in [-0.2, -0.15) is 5.10 Å². The number of hydrogen-bond donors (Lipinski definition) is 1. The van der Waals surface area contributed by atoms with Crippen LogP contribution < -0.4 is 10.5 Å². The Balaban J connectivity index is 2.88. The van der Waals surface area contributed by atoms with E-state index in [2.05, 4.69) is 5.10 Å². The normalized spacial score (nSPS) is 10.6. The Hall–Kier alpha value is -1.78. The fourth-order valence-corrected chi connectivity index (χ4v) is 1.24. The van der Waals surface area contributed by atoms with Crippen molar-refractivity contribution in [3.8, 4) is 5.75 Å². The molecule has 0 saturated heterocycles. The lowest BCUT2D eigenvalue weighted by atomic mass is 10.3. The molecule has 0 spiro atoms. The van der Waals surface area contributed by atoms with Crippen molar-refractivity contribution in [2.45, 2.75) is 0 Å². The molecule has 0 unspecified atom stereocenters. The van der Waals surface area contributed by atoms with Gasteiger partial charge in [0, 0.05) is 6.20 Å². The Morgan fingerprint density at radius 2 is 2.38 bits per heavy atom. The van der Waals surface area contributed by atoms with E-state index in [0.29, 0.717) is 11.4 Å². The molecule has 13 heavy (non-hydrogen) atoms. The van der Waals surface area contributed by atoms with Crippen molar-refractivity contribution in [3.05, 3.63) is 24.3 Å². The third-order valence-electron chi connectivity index (χ3n) is 1.83. The summed E-state index contributed by atoms with van der Waals surface area (Å²) in [5, 5.41) is 3.77. The van der Waals surface area contributed by atoms with Crippen LogP contribution in [0, 0.1) is 5.82 Å². The zero-order valence-electron chi connectivity index (χ0n) is 6.99. The molecule has 2 heterocycles. The molecule has 2 rings (SSSR count). The van der Waals surface area contributed by atoms with E-state index in [1.165, 1.54) is 11.6 Å².